The molecule has 0 aliphatic carbocycles. The average Bonchev–Trinajstić information content (AvgIpc) is 3.51. The molecule has 1 heterocycles. The summed E-state index contributed by atoms with van der Waals surface area (Å²) in [5.41, 5.74) is 11.0. The topological polar surface area (TPSA) is 38.4 Å². The number of aromatic nitrogens is 1. The molecule has 0 atom stereocenters. The Kier molecular flexibility index (Phi) is 7.83. The molecule has 6 aromatic carbocycles. The molecule has 0 unspecified atom stereocenters. The highest BCUT2D eigenvalue weighted by Crippen LogP contribution is 2.37. The van der Waals surface area contributed by atoms with Crippen molar-refractivity contribution in [3.8, 4) is 33.7 Å². The molecule has 3 nitrogen and oxygen atoms in total. The van der Waals surface area contributed by atoms with Gasteiger partial charge in [0.15, 0.2) is 5.58 Å². The van der Waals surface area contributed by atoms with E-state index in [4.69, 9.17) is 14.4 Å². The zero-order valence-corrected chi connectivity index (χ0v) is 28.3. The highest BCUT2D eigenvalue weighted by molar-refractivity contribution is 5.97. The van der Waals surface area contributed by atoms with Crippen LogP contribution < -0.4 is 0 Å². The Balaban J connectivity index is 1.24. The molecule has 4 heteroatoms. The lowest BCUT2D eigenvalue weighted by molar-refractivity contribution is 0.568. The van der Waals surface area contributed by atoms with Gasteiger partial charge in [0.2, 0.25) is 5.89 Å². The maximum atomic E-state index is 13.5. The summed E-state index contributed by atoms with van der Waals surface area (Å²) in [6, 6.07) is 40.2. The van der Waals surface area contributed by atoms with Gasteiger partial charge in [-0.3, -0.25) is 4.99 Å². The number of oxazole rings is 1. The molecule has 0 fully saturated rings. The summed E-state index contributed by atoms with van der Waals surface area (Å²) < 4.78 is 19.8. The van der Waals surface area contributed by atoms with E-state index in [1.807, 2.05) is 54.7 Å². The first-order valence-electron chi connectivity index (χ1n) is 16.4. The van der Waals surface area contributed by atoms with Crippen molar-refractivity contribution in [2.24, 2.45) is 4.99 Å². The molecule has 1 aromatic heterocycles. The number of rotatable bonds is 5. The number of halogens is 1. The zero-order chi connectivity index (χ0) is 33.6. The standard InChI is InChI=1S/C44H39FN2O/c1-43(2,3)34-22-28(23-35(26-34)44(4,5)6)27-46-39-12-8-7-10-38(39)42-47-41-37(11-9-13-40(41)48-42)33-17-16-31-24-30(14-15-32(31)25-33)29-18-20-36(45)21-19-29/h7-27H,1-6H3. The molecule has 7 rings (SSSR count). The van der Waals surface area contributed by atoms with Gasteiger partial charge in [-0.2, -0.15) is 0 Å². The normalized spacial score (nSPS) is 12.4. The first-order valence-corrected chi connectivity index (χ1v) is 16.4. The van der Waals surface area contributed by atoms with Crippen LogP contribution in [0, 0.1) is 5.82 Å². The fourth-order valence-electron chi connectivity index (χ4n) is 6.04. The summed E-state index contributed by atoms with van der Waals surface area (Å²) in [6.07, 6.45) is 1.95. The molecule has 48 heavy (non-hydrogen) atoms. The average molecular weight is 631 g/mol. The van der Waals surface area contributed by atoms with Crippen LogP contribution in [0.1, 0.15) is 58.2 Å². The number of benzene rings is 6. The third-order valence-corrected chi connectivity index (χ3v) is 8.92. The molecule has 0 aliphatic rings. The lowest BCUT2D eigenvalue weighted by Gasteiger charge is -2.25. The number of hydrogen-bond acceptors (Lipinski definition) is 3. The molecule has 0 bridgehead atoms. The van der Waals surface area contributed by atoms with Gasteiger partial charge in [-0.25, -0.2) is 9.37 Å². The molecular weight excluding hydrogens is 591 g/mol. The predicted octanol–water partition coefficient (Wildman–Crippen LogP) is 12.5. The van der Waals surface area contributed by atoms with Crippen molar-refractivity contribution in [2.75, 3.05) is 0 Å². The van der Waals surface area contributed by atoms with Gasteiger partial charge in [0.05, 0.1) is 11.3 Å². The highest BCUT2D eigenvalue weighted by atomic mass is 19.1. The van der Waals surface area contributed by atoms with Crippen LogP contribution in [0.5, 0.6) is 0 Å². The summed E-state index contributed by atoms with van der Waals surface area (Å²) in [5, 5.41) is 2.23. The zero-order valence-electron chi connectivity index (χ0n) is 28.3. The van der Waals surface area contributed by atoms with Crippen LogP contribution in [0.2, 0.25) is 0 Å². The molecule has 0 saturated carbocycles. The molecule has 0 amide bonds. The molecule has 0 radical (unpaired) electrons. The molecule has 0 spiro atoms. The van der Waals surface area contributed by atoms with E-state index in [1.54, 1.807) is 0 Å². The highest BCUT2D eigenvalue weighted by Gasteiger charge is 2.21. The Morgan fingerprint density at radius 2 is 1.21 bits per heavy atom. The second-order valence-electron chi connectivity index (χ2n) is 14.6. The predicted molar refractivity (Wildman–Crippen MR) is 199 cm³/mol. The molecule has 0 saturated heterocycles. The SMILES string of the molecule is CC(C)(C)c1cc(C=Nc2ccccc2-c2nc3c(-c4ccc5cc(-c6ccc(F)cc6)ccc5c4)cccc3o2)cc(C(C)(C)C)c1. The first kappa shape index (κ1) is 31.3. The Morgan fingerprint density at radius 3 is 1.90 bits per heavy atom. The second-order valence-corrected chi connectivity index (χ2v) is 14.6. The Bertz CT molecular complexity index is 2280. The molecular formula is C44H39FN2O. The molecule has 0 N–H and O–H groups in total. The molecule has 0 aliphatic heterocycles. The van der Waals surface area contributed by atoms with E-state index in [-0.39, 0.29) is 16.6 Å². The number of hydrogen-bond donors (Lipinski definition) is 0. The Hall–Kier alpha value is -5.35. The summed E-state index contributed by atoms with van der Waals surface area (Å²) in [4.78, 5) is 10.0. The van der Waals surface area contributed by atoms with E-state index in [0.29, 0.717) is 5.89 Å². The van der Waals surface area contributed by atoms with Gasteiger partial charge in [0.25, 0.3) is 0 Å². The van der Waals surface area contributed by atoms with Crippen molar-refractivity contribution >= 4 is 33.8 Å². The molecule has 238 valence electrons. The van der Waals surface area contributed by atoms with Crippen LogP contribution in [0.4, 0.5) is 10.1 Å². The van der Waals surface area contributed by atoms with Crippen molar-refractivity contribution in [3.63, 3.8) is 0 Å². The minimum atomic E-state index is -0.234. The van der Waals surface area contributed by atoms with Gasteiger partial charge in [-0.15, -0.1) is 0 Å². The van der Waals surface area contributed by atoms with E-state index >= 15 is 0 Å². The summed E-state index contributed by atoms with van der Waals surface area (Å²) in [5.74, 6) is 0.302. The lowest BCUT2D eigenvalue weighted by atomic mass is 9.79. The van der Waals surface area contributed by atoms with E-state index in [0.717, 1.165) is 60.9 Å². The number of nitrogens with zero attached hydrogens (tertiary/aromatic N) is 2. The van der Waals surface area contributed by atoms with Crippen molar-refractivity contribution in [1.82, 2.24) is 4.98 Å². The van der Waals surface area contributed by atoms with Gasteiger partial charge >= 0.3 is 0 Å². The number of para-hydroxylation sites is 2. The number of fused-ring (bicyclic) bond motifs is 2. The minimum absolute atomic E-state index is 0.0234. The minimum Gasteiger partial charge on any atom is -0.436 e. The maximum absolute atomic E-state index is 13.5. The summed E-state index contributed by atoms with van der Waals surface area (Å²) in [7, 11) is 0. The van der Waals surface area contributed by atoms with Gasteiger partial charge in [0.1, 0.15) is 11.3 Å². The van der Waals surface area contributed by atoms with Crippen LogP contribution >= 0.6 is 0 Å². The van der Waals surface area contributed by atoms with Gasteiger partial charge in [-0.1, -0.05) is 108 Å². The van der Waals surface area contributed by atoms with E-state index < -0.39 is 0 Å². The van der Waals surface area contributed by atoms with Crippen LogP contribution in [-0.4, -0.2) is 11.2 Å². The van der Waals surface area contributed by atoms with E-state index in [1.165, 1.54) is 23.3 Å². The fraction of sp³-hybridized carbons (Fsp3) is 0.182. The van der Waals surface area contributed by atoms with Gasteiger partial charge in [0, 0.05) is 11.8 Å². The van der Waals surface area contributed by atoms with E-state index in [2.05, 4.69) is 102 Å². The van der Waals surface area contributed by atoms with E-state index in [9.17, 15) is 4.39 Å². The third kappa shape index (κ3) is 6.31. The van der Waals surface area contributed by atoms with Crippen LogP contribution in [0.15, 0.2) is 131 Å². The summed E-state index contributed by atoms with van der Waals surface area (Å²) in [6.45, 7) is 13.5. The largest absolute Gasteiger partial charge is 0.436 e. The van der Waals surface area contributed by atoms with Crippen LogP contribution in [-0.2, 0) is 10.8 Å². The van der Waals surface area contributed by atoms with Gasteiger partial charge in [-0.05, 0) is 110 Å². The molecule has 7 aromatic rings. The monoisotopic (exact) mass is 630 g/mol. The van der Waals surface area contributed by atoms with Crippen molar-refractivity contribution in [3.05, 3.63) is 144 Å². The lowest BCUT2D eigenvalue weighted by Crippen LogP contribution is -2.17. The Labute approximate surface area is 281 Å². The van der Waals surface area contributed by atoms with Crippen LogP contribution in [0.3, 0.4) is 0 Å². The number of aliphatic imine (C=N–C) groups is 1. The van der Waals surface area contributed by atoms with Crippen molar-refractivity contribution in [1.29, 1.82) is 0 Å². The van der Waals surface area contributed by atoms with Gasteiger partial charge < -0.3 is 4.42 Å². The van der Waals surface area contributed by atoms with Crippen LogP contribution in [0.25, 0.3) is 55.6 Å². The first-order chi connectivity index (χ1) is 22.9. The third-order valence-electron chi connectivity index (χ3n) is 8.92. The van der Waals surface area contributed by atoms with Crippen molar-refractivity contribution < 1.29 is 8.81 Å². The smallest absolute Gasteiger partial charge is 0.229 e. The Morgan fingerprint density at radius 1 is 0.604 bits per heavy atom. The quantitative estimate of drug-likeness (QED) is 0.178. The fourth-order valence-corrected chi connectivity index (χ4v) is 6.04. The van der Waals surface area contributed by atoms with Crippen molar-refractivity contribution in [2.45, 2.75) is 52.4 Å². The maximum Gasteiger partial charge on any atom is 0.229 e. The second kappa shape index (κ2) is 12.0. The summed E-state index contributed by atoms with van der Waals surface area (Å²) >= 11 is 0.